The van der Waals surface area contributed by atoms with Crippen molar-refractivity contribution in [1.29, 1.82) is 0 Å². The van der Waals surface area contributed by atoms with E-state index in [2.05, 4.69) is 30.0 Å². The molecular weight excluding hydrogens is 176 g/mol. The van der Waals surface area contributed by atoms with Crippen molar-refractivity contribution in [2.45, 2.75) is 32.9 Å². The van der Waals surface area contributed by atoms with Crippen LogP contribution in [0.3, 0.4) is 0 Å². The summed E-state index contributed by atoms with van der Waals surface area (Å²) in [5.41, 5.74) is 5.86. The Morgan fingerprint density at radius 1 is 1.64 bits per heavy atom. The molecule has 4 nitrogen and oxygen atoms in total. The lowest BCUT2D eigenvalue weighted by atomic mass is 10.2. The Hall–Kier alpha value is -1.34. The molecule has 0 fully saturated rings. The molecule has 2 N–H and O–H groups in total. The zero-order valence-electron chi connectivity index (χ0n) is 8.64. The van der Waals surface area contributed by atoms with E-state index in [1.807, 2.05) is 4.57 Å². The first-order valence-corrected chi connectivity index (χ1v) is 4.72. The molecule has 1 unspecified atom stereocenters. The van der Waals surface area contributed by atoms with E-state index in [4.69, 9.17) is 12.2 Å². The number of hydrogen-bond acceptors (Lipinski definition) is 3. The highest BCUT2D eigenvalue weighted by Crippen LogP contribution is 2.11. The van der Waals surface area contributed by atoms with Crippen LogP contribution in [-0.2, 0) is 6.54 Å². The molecule has 0 saturated heterocycles. The molecule has 14 heavy (non-hydrogen) atoms. The highest BCUT2D eigenvalue weighted by molar-refractivity contribution is 5.00. The topological polar surface area (TPSA) is 56.7 Å². The summed E-state index contributed by atoms with van der Waals surface area (Å²) in [5.74, 6) is 3.85. The lowest BCUT2D eigenvalue weighted by Crippen LogP contribution is -2.17. The van der Waals surface area contributed by atoms with Crippen LogP contribution in [0.2, 0.25) is 0 Å². The third-order valence-corrected chi connectivity index (χ3v) is 1.88. The second-order valence-corrected chi connectivity index (χ2v) is 3.75. The smallest absolute Gasteiger partial charge is 0.150 e. The predicted octanol–water partition coefficient (Wildman–Crippen LogP) is 0.957. The summed E-state index contributed by atoms with van der Waals surface area (Å²) < 4.78 is 1.96. The van der Waals surface area contributed by atoms with Gasteiger partial charge in [-0.2, -0.15) is 0 Å². The van der Waals surface area contributed by atoms with Gasteiger partial charge in [-0.3, -0.25) is 0 Å². The first kappa shape index (κ1) is 10.7. The molecule has 1 rings (SSSR count). The van der Waals surface area contributed by atoms with Gasteiger partial charge in [0.1, 0.15) is 6.33 Å². The second-order valence-electron chi connectivity index (χ2n) is 3.75. The van der Waals surface area contributed by atoms with Gasteiger partial charge in [0.15, 0.2) is 5.82 Å². The number of nitrogens with zero attached hydrogens (tertiary/aromatic N) is 3. The van der Waals surface area contributed by atoms with Crippen LogP contribution in [0.4, 0.5) is 0 Å². The van der Waals surface area contributed by atoms with Crippen LogP contribution in [-0.4, -0.2) is 14.8 Å². The van der Waals surface area contributed by atoms with Gasteiger partial charge in [-0.15, -0.1) is 22.5 Å². The Labute approximate surface area is 84.5 Å². The van der Waals surface area contributed by atoms with Crippen molar-refractivity contribution in [1.82, 2.24) is 14.8 Å². The average Bonchev–Trinajstić information content (AvgIpc) is 2.51. The van der Waals surface area contributed by atoms with Crippen LogP contribution in [0, 0.1) is 18.3 Å². The number of terminal acetylenes is 1. The minimum Gasteiger partial charge on any atom is -0.321 e. The van der Waals surface area contributed by atoms with Gasteiger partial charge >= 0.3 is 0 Å². The van der Waals surface area contributed by atoms with E-state index >= 15 is 0 Å². The molecule has 0 radical (unpaired) electrons. The molecule has 1 aromatic heterocycles. The van der Waals surface area contributed by atoms with E-state index in [9.17, 15) is 0 Å². The fraction of sp³-hybridized carbons (Fsp3) is 0.600. The number of aromatic nitrogens is 3. The van der Waals surface area contributed by atoms with Crippen LogP contribution >= 0.6 is 0 Å². The predicted molar refractivity (Wildman–Crippen MR) is 55.2 cm³/mol. The number of nitrogens with two attached hydrogens (primary N) is 1. The highest BCUT2D eigenvalue weighted by atomic mass is 15.3. The summed E-state index contributed by atoms with van der Waals surface area (Å²) in [6.45, 7) is 5.15. The first-order chi connectivity index (χ1) is 6.65. The van der Waals surface area contributed by atoms with Gasteiger partial charge in [-0.25, -0.2) is 0 Å². The zero-order valence-corrected chi connectivity index (χ0v) is 8.64. The van der Waals surface area contributed by atoms with E-state index < -0.39 is 0 Å². The van der Waals surface area contributed by atoms with Crippen molar-refractivity contribution in [2.75, 3.05) is 0 Å². The molecule has 0 amide bonds. The molecule has 0 spiro atoms. The van der Waals surface area contributed by atoms with Gasteiger partial charge in [0.2, 0.25) is 0 Å². The quantitative estimate of drug-likeness (QED) is 0.723. The number of hydrogen-bond donors (Lipinski definition) is 1. The molecule has 1 aromatic rings. The first-order valence-electron chi connectivity index (χ1n) is 4.72. The molecule has 0 aliphatic rings. The molecular formula is C10H16N4. The molecule has 1 atom stereocenters. The van der Waals surface area contributed by atoms with Crippen molar-refractivity contribution < 1.29 is 0 Å². The Kier molecular flexibility index (Phi) is 3.66. The van der Waals surface area contributed by atoms with Crippen molar-refractivity contribution in [3.8, 4) is 12.3 Å². The van der Waals surface area contributed by atoms with Gasteiger partial charge in [-0.1, -0.05) is 13.8 Å². The summed E-state index contributed by atoms with van der Waals surface area (Å²) in [6, 6.07) is -0.207. The van der Waals surface area contributed by atoms with Gasteiger partial charge in [-0.05, 0) is 5.92 Å². The normalized spacial score (nSPS) is 12.8. The van der Waals surface area contributed by atoms with Crippen molar-refractivity contribution in [3.05, 3.63) is 12.2 Å². The second kappa shape index (κ2) is 4.77. The maximum atomic E-state index is 5.86. The largest absolute Gasteiger partial charge is 0.321 e. The highest BCUT2D eigenvalue weighted by Gasteiger charge is 2.12. The van der Waals surface area contributed by atoms with Crippen molar-refractivity contribution in [3.63, 3.8) is 0 Å². The maximum absolute atomic E-state index is 5.86. The molecule has 0 aliphatic heterocycles. The van der Waals surface area contributed by atoms with Crippen molar-refractivity contribution >= 4 is 0 Å². The van der Waals surface area contributed by atoms with Crippen LogP contribution in [0.1, 0.15) is 32.1 Å². The minimum atomic E-state index is -0.207. The number of rotatable bonds is 4. The Morgan fingerprint density at radius 3 is 2.93 bits per heavy atom. The molecule has 0 aliphatic carbocycles. The van der Waals surface area contributed by atoms with Gasteiger partial charge in [0.05, 0.1) is 6.04 Å². The third kappa shape index (κ3) is 2.57. The maximum Gasteiger partial charge on any atom is 0.150 e. The molecule has 0 bridgehead atoms. The summed E-state index contributed by atoms with van der Waals surface area (Å²) >= 11 is 0. The van der Waals surface area contributed by atoms with E-state index in [1.54, 1.807) is 6.33 Å². The van der Waals surface area contributed by atoms with E-state index in [1.165, 1.54) is 0 Å². The molecule has 0 aromatic carbocycles. The summed E-state index contributed by atoms with van der Waals surface area (Å²) in [4.78, 5) is 0. The van der Waals surface area contributed by atoms with Crippen LogP contribution in [0.15, 0.2) is 6.33 Å². The average molecular weight is 192 g/mol. The van der Waals surface area contributed by atoms with Gasteiger partial charge < -0.3 is 10.3 Å². The van der Waals surface area contributed by atoms with Gasteiger partial charge in [0.25, 0.3) is 0 Å². The van der Waals surface area contributed by atoms with Crippen LogP contribution < -0.4 is 5.73 Å². The molecule has 0 saturated carbocycles. The molecule has 4 heteroatoms. The fourth-order valence-electron chi connectivity index (χ4n) is 1.30. The Bertz CT molecular complexity index is 321. The Balaban J connectivity index is 2.77. The monoisotopic (exact) mass is 192 g/mol. The lowest BCUT2D eigenvalue weighted by Gasteiger charge is -2.12. The summed E-state index contributed by atoms with van der Waals surface area (Å²) in [5, 5.41) is 7.82. The van der Waals surface area contributed by atoms with E-state index in [0.717, 1.165) is 12.4 Å². The van der Waals surface area contributed by atoms with E-state index in [0.29, 0.717) is 12.3 Å². The zero-order chi connectivity index (χ0) is 10.6. The van der Waals surface area contributed by atoms with Gasteiger partial charge in [0, 0.05) is 13.0 Å². The Morgan fingerprint density at radius 2 is 2.36 bits per heavy atom. The van der Waals surface area contributed by atoms with Crippen LogP contribution in [0.5, 0.6) is 0 Å². The summed E-state index contributed by atoms with van der Waals surface area (Å²) in [6.07, 6.45) is 7.40. The standard InChI is InChI=1S/C10H16N4/c1-4-5-9(11)10-13-12-7-14(10)6-8(2)3/h1,7-9H,5-6,11H2,2-3H3. The minimum absolute atomic E-state index is 0.207. The third-order valence-electron chi connectivity index (χ3n) is 1.88. The summed E-state index contributed by atoms with van der Waals surface area (Å²) in [7, 11) is 0. The van der Waals surface area contributed by atoms with Crippen molar-refractivity contribution in [2.24, 2.45) is 11.7 Å². The van der Waals surface area contributed by atoms with E-state index in [-0.39, 0.29) is 6.04 Å². The molecule has 1 heterocycles. The lowest BCUT2D eigenvalue weighted by molar-refractivity contribution is 0.490. The SMILES string of the molecule is C#CCC(N)c1nncn1CC(C)C. The fourth-order valence-corrected chi connectivity index (χ4v) is 1.30. The van der Waals surface area contributed by atoms with Crippen LogP contribution in [0.25, 0.3) is 0 Å². The molecule has 76 valence electrons.